The highest BCUT2D eigenvalue weighted by Crippen LogP contribution is 2.39. The molecule has 0 radical (unpaired) electrons. The van der Waals surface area contributed by atoms with Gasteiger partial charge in [-0.1, -0.05) is 41.4 Å². The predicted octanol–water partition coefficient (Wildman–Crippen LogP) is 6.69. The summed E-state index contributed by atoms with van der Waals surface area (Å²) in [6, 6.07) is 8.51. The number of halogens is 6. The second-order valence-electron chi connectivity index (χ2n) is 9.50. The molecule has 7 nitrogen and oxygen atoms in total. The van der Waals surface area contributed by atoms with Crippen LogP contribution in [-0.4, -0.2) is 44.0 Å². The van der Waals surface area contributed by atoms with E-state index in [9.17, 15) is 37.1 Å². The Hall–Kier alpha value is -3.44. The average molecular weight is 600 g/mol. The topological polar surface area (TPSA) is 92.5 Å². The number of benzene rings is 2. The second kappa shape index (κ2) is 12.0. The van der Waals surface area contributed by atoms with Gasteiger partial charge in [0, 0.05) is 6.54 Å². The summed E-state index contributed by atoms with van der Waals surface area (Å²) in [5.41, 5.74) is -1.79. The molecule has 3 aromatic rings. The molecule has 0 spiro atoms. The van der Waals surface area contributed by atoms with Crippen molar-refractivity contribution in [3.63, 3.8) is 0 Å². The fourth-order valence-electron chi connectivity index (χ4n) is 4.84. The molecule has 13 heteroatoms. The van der Waals surface area contributed by atoms with Crippen molar-refractivity contribution in [1.29, 1.82) is 0 Å². The molecule has 1 aliphatic rings. The Morgan fingerprint density at radius 1 is 1.00 bits per heavy atom. The van der Waals surface area contributed by atoms with E-state index in [0.717, 1.165) is 27.9 Å². The summed E-state index contributed by atoms with van der Waals surface area (Å²) in [5.74, 6) is -4.06. The Bertz CT molecular complexity index is 1400. The molecule has 1 amide bonds. The van der Waals surface area contributed by atoms with Gasteiger partial charge in [-0.3, -0.25) is 19.1 Å². The third kappa shape index (κ3) is 6.47. The first kappa shape index (κ1) is 29.5. The average Bonchev–Trinajstić information content (AvgIpc) is 3.35. The first-order valence-electron chi connectivity index (χ1n) is 12.2. The van der Waals surface area contributed by atoms with Gasteiger partial charge < -0.3 is 10.0 Å². The van der Waals surface area contributed by atoms with E-state index in [1.807, 2.05) is 0 Å². The molecule has 1 N–H and O–H groups in total. The molecule has 0 atom stereocenters. The van der Waals surface area contributed by atoms with Gasteiger partial charge in [-0.15, -0.1) is 0 Å². The predicted molar refractivity (Wildman–Crippen MR) is 138 cm³/mol. The lowest BCUT2D eigenvalue weighted by molar-refractivity contribution is -0.147. The van der Waals surface area contributed by atoms with E-state index in [1.165, 1.54) is 30.3 Å². The lowest BCUT2D eigenvalue weighted by Gasteiger charge is -2.28. The van der Waals surface area contributed by atoms with Crippen LogP contribution < -0.4 is 0 Å². The molecule has 4 rings (SSSR count). The molecule has 1 heterocycles. The van der Waals surface area contributed by atoms with Crippen LogP contribution >= 0.6 is 23.2 Å². The fourth-order valence-corrected chi connectivity index (χ4v) is 5.45. The van der Waals surface area contributed by atoms with Gasteiger partial charge in [0.15, 0.2) is 11.5 Å². The Balaban J connectivity index is 1.70. The maximum atomic E-state index is 14.4. The van der Waals surface area contributed by atoms with Crippen LogP contribution in [0.15, 0.2) is 48.7 Å². The highest BCUT2D eigenvalue weighted by Gasteiger charge is 2.43. The van der Waals surface area contributed by atoms with Crippen LogP contribution in [0.2, 0.25) is 10.0 Å². The molecule has 212 valence electrons. The molecule has 2 aromatic carbocycles. The van der Waals surface area contributed by atoms with Crippen molar-refractivity contribution in [3.8, 4) is 0 Å². The van der Waals surface area contributed by atoms with Crippen LogP contribution in [-0.2, 0) is 17.5 Å². The van der Waals surface area contributed by atoms with Crippen molar-refractivity contribution >= 4 is 40.9 Å². The van der Waals surface area contributed by atoms with Crippen LogP contribution in [0.1, 0.15) is 63.7 Å². The minimum atomic E-state index is -4.98. The Morgan fingerprint density at radius 2 is 1.60 bits per heavy atom. The number of hydrogen-bond acceptors (Lipinski definition) is 4. The summed E-state index contributed by atoms with van der Waals surface area (Å²) < 4.78 is 57.3. The Labute approximate surface area is 236 Å². The zero-order chi connectivity index (χ0) is 29.2. The number of alkyl halides is 3. The van der Waals surface area contributed by atoms with Crippen molar-refractivity contribution < 1.29 is 37.1 Å². The minimum Gasteiger partial charge on any atom is -0.481 e. The zero-order valence-electron chi connectivity index (χ0n) is 20.8. The quantitative estimate of drug-likeness (QED) is 0.230. The van der Waals surface area contributed by atoms with Crippen molar-refractivity contribution in [3.05, 3.63) is 86.9 Å². The Kier molecular flexibility index (Phi) is 8.84. The summed E-state index contributed by atoms with van der Waals surface area (Å²) in [6.45, 7) is -0.995. The highest BCUT2D eigenvalue weighted by atomic mass is 35.5. The molecule has 0 aliphatic heterocycles. The monoisotopic (exact) mass is 599 g/mol. The summed E-state index contributed by atoms with van der Waals surface area (Å²) in [7, 11) is 0. The number of carbonyl (C=O) groups excluding carboxylic acids is 2. The van der Waals surface area contributed by atoms with Gasteiger partial charge in [-0.25, -0.2) is 4.39 Å². The van der Waals surface area contributed by atoms with Crippen LogP contribution in [0, 0.1) is 11.7 Å². The first-order chi connectivity index (χ1) is 18.9. The van der Waals surface area contributed by atoms with E-state index in [1.54, 1.807) is 0 Å². The van der Waals surface area contributed by atoms with E-state index in [4.69, 9.17) is 23.2 Å². The molecule has 1 saturated carbocycles. The number of ketones is 1. The van der Waals surface area contributed by atoms with Gasteiger partial charge in [-0.2, -0.15) is 18.3 Å². The summed E-state index contributed by atoms with van der Waals surface area (Å²) in [4.78, 5) is 39.0. The largest absolute Gasteiger partial charge is 0.481 e. The maximum Gasteiger partial charge on any atom is 0.433 e. The number of rotatable bonds is 8. The minimum absolute atomic E-state index is 0.00689. The number of aliphatic carboxylic acids is 1. The third-order valence-corrected chi connectivity index (χ3v) is 7.47. The number of carboxylic acid groups (broad SMARTS) is 1. The normalized spacial score (nSPS) is 17.4. The molecular formula is C27H23Cl2F4N3O4. The number of amides is 1. The van der Waals surface area contributed by atoms with Gasteiger partial charge >= 0.3 is 12.1 Å². The van der Waals surface area contributed by atoms with Crippen LogP contribution in [0.25, 0.3) is 0 Å². The zero-order valence-corrected chi connectivity index (χ0v) is 22.3. The number of carbonyl (C=O) groups is 3. The van der Waals surface area contributed by atoms with Gasteiger partial charge in [0.25, 0.3) is 5.91 Å². The van der Waals surface area contributed by atoms with E-state index in [0.29, 0.717) is 5.56 Å². The lowest BCUT2D eigenvalue weighted by atomic mass is 9.86. The van der Waals surface area contributed by atoms with Crippen LogP contribution in [0.5, 0.6) is 0 Å². The molecule has 0 bridgehead atoms. The van der Waals surface area contributed by atoms with E-state index >= 15 is 0 Å². The Morgan fingerprint density at radius 3 is 2.15 bits per heavy atom. The first-order valence-corrected chi connectivity index (χ1v) is 13.0. The molecule has 1 fully saturated rings. The van der Waals surface area contributed by atoms with E-state index < -0.39 is 59.4 Å². The SMILES string of the molecule is O=C(CN(Cc1ccc(F)cc1)C(=O)c1cnn([C@H]2CC[C@H](C(=O)O)CC2)c1C(F)(F)F)c1c(Cl)cccc1Cl. The van der Waals surface area contributed by atoms with Gasteiger partial charge in [0.1, 0.15) is 5.82 Å². The number of Topliss-reactive ketones (excluding diaryl/α,β-unsaturated/α-hetero) is 1. The molecule has 0 saturated heterocycles. The number of hydrogen-bond donors (Lipinski definition) is 1. The molecule has 0 unspecified atom stereocenters. The third-order valence-electron chi connectivity index (χ3n) is 6.84. The molecular weight excluding hydrogens is 577 g/mol. The van der Waals surface area contributed by atoms with Crippen molar-refractivity contribution in [1.82, 2.24) is 14.7 Å². The summed E-state index contributed by atoms with van der Waals surface area (Å²) in [6.07, 6.45) is -3.56. The second-order valence-corrected chi connectivity index (χ2v) is 10.3. The molecule has 1 aliphatic carbocycles. The fraction of sp³-hybridized carbons (Fsp3) is 0.333. The lowest BCUT2D eigenvalue weighted by Crippen LogP contribution is -2.37. The smallest absolute Gasteiger partial charge is 0.433 e. The maximum absolute atomic E-state index is 14.4. The van der Waals surface area contributed by atoms with Gasteiger partial charge in [-0.05, 0) is 55.5 Å². The number of nitrogens with zero attached hydrogens (tertiary/aromatic N) is 3. The van der Waals surface area contributed by atoms with E-state index in [2.05, 4.69) is 5.10 Å². The van der Waals surface area contributed by atoms with Crippen molar-refractivity contribution in [2.45, 2.75) is 44.4 Å². The number of aromatic nitrogens is 2. The molecule has 40 heavy (non-hydrogen) atoms. The van der Waals surface area contributed by atoms with Crippen molar-refractivity contribution in [2.75, 3.05) is 6.54 Å². The van der Waals surface area contributed by atoms with Gasteiger partial charge in [0.2, 0.25) is 0 Å². The van der Waals surface area contributed by atoms with Crippen LogP contribution in [0.4, 0.5) is 17.6 Å². The van der Waals surface area contributed by atoms with Crippen molar-refractivity contribution in [2.24, 2.45) is 5.92 Å². The van der Waals surface area contributed by atoms with Gasteiger partial charge in [0.05, 0.1) is 45.9 Å². The summed E-state index contributed by atoms with van der Waals surface area (Å²) >= 11 is 12.3. The molecule has 1 aromatic heterocycles. The highest BCUT2D eigenvalue weighted by molar-refractivity contribution is 6.40. The standard InChI is InChI=1S/C27H23Cl2F4N3O4/c28-20-2-1-3-21(29)23(20)22(37)14-35(13-15-4-8-17(30)9-5-15)25(38)19-12-34-36(24(19)27(31,32)33)18-10-6-16(7-11-18)26(39)40/h1-5,8-9,12,16,18H,6-7,10-11,13-14H2,(H,39,40)/t16-,18-. The number of carboxylic acids is 1. The van der Waals surface area contributed by atoms with Crippen LogP contribution in [0.3, 0.4) is 0 Å². The van der Waals surface area contributed by atoms with E-state index in [-0.39, 0.29) is 47.8 Å². The summed E-state index contributed by atoms with van der Waals surface area (Å²) in [5, 5.41) is 13.1.